The lowest BCUT2D eigenvalue weighted by Gasteiger charge is -2.55. The molecule has 0 aromatic heterocycles. The minimum Gasteiger partial charge on any atom is -0.0622 e. The normalized spacial score (nSPS) is 46.5. The molecule has 0 saturated heterocycles. The molecule has 22 rings (SSSR count). The highest BCUT2D eigenvalue weighted by atomic mass is 14.6. The SMILES string of the molecule is CC(C)(C)C1(C)CC1.CC1(C)CC1.CC1(C2CCCCC2)CCCCC1.CC12CC3CC(CC(C3)C1)C2.CC12CCC(CC1)C2.CC12CCC(CC1)CC2.CC1C2CC3CC(C2)CC1C3.CC1CC2CCC1C2.CC1CC2CCC1CC2. The van der Waals surface area contributed by atoms with Crippen molar-refractivity contribution in [1.29, 1.82) is 0 Å². The summed E-state index contributed by atoms with van der Waals surface area (Å²) in [7, 11) is 0. The van der Waals surface area contributed by atoms with Crippen LogP contribution in [0.25, 0.3) is 0 Å². The van der Waals surface area contributed by atoms with E-state index in [4.69, 9.17) is 0 Å². The van der Waals surface area contributed by atoms with Crippen LogP contribution in [0.2, 0.25) is 0 Å². The van der Waals surface area contributed by atoms with Crippen LogP contribution < -0.4 is 0 Å². The third-order valence-corrected chi connectivity index (χ3v) is 30.7. The van der Waals surface area contributed by atoms with Crippen LogP contribution in [0.1, 0.15) is 379 Å². The summed E-state index contributed by atoms with van der Waals surface area (Å²) in [5.41, 5.74) is 5.13. The molecule has 0 heterocycles. The Balaban J connectivity index is 0.000000104. The van der Waals surface area contributed by atoms with Gasteiger partial charge in [0.25, 0.3) is 0 Å². The molecule has 0 spiro atoms. The second kappa shape index (κ2) is 27.2. The smallest absolute Gasteiger partial charge is 0.0277 e. The number of fused-ring (bicyclic) bond motifs is 10. The van der Waals surface area contributed by atoms with E-state index in [2.05, 4.69) is 90.0 Å². The first-order valence-electron chi connectivity index (χ1n) is 38.8. The second-order valence-corrected chi connectivity index (χ2v) is 39.4. The van der Waals surface area contributed by atoms with E-state index in [0.29, 0.717) is 10.8 Å². The predicted octanol–water partition coefficient (Wildman–Crippen LogP) is 26.3. The maximum Gasteiger partial charge on any atom is -0.0277 e. The molecule has 22 saturated carbocycles. The van der Waals surface area contributed by atoms with Gasteiger partial charge in [-0.15, -0.1) is 0 Å². The lowest BCUT2D eigenvalue weighted by atomic mass is 9.50. The largest absolute Gasteiger partial charge is 0.0622 e. The summed E-state index contributed by atoms with van der Waals surface area (Å²) >= 11 is 0. The van der Waals surface area contributed by atoms with Gasteiger partial charge in [0.2, 0.25) is 0 Å². The van der Waals surface area contributed by atoms with E-state index in [1.54, 1.807) is 135 Å². The average Bonchev–Trinajstić information content (AvgIpc) is 4.16. The van der Waals surface area contributed by atoms with Crippen molar-refractivity contribution in [2.24, 2.45) is 139 Å². The summed E-state index contributed by atoms with van der Waals surface area (Å²) in [6.45, 7) is 31.4. The topological polar surface area (TPSA) is 0 Å². The molecule has 16 bridgehead atoms. The first-order chi connectivity index (χ1) is 38.8. The Kier molecular flexibility index (Phi) is 21.6. The van der Waals surface area contributed by atoms with Crippen molar-refractivity contribution in [3.63, 3.8) is 0 Å². The highest BCUT2D eigenvalue weighted by molar-refractivity contribution is 5.01. The van der Waals surface area contributed by atoms with E-state index >= 15 is 0 Å². The highest BCUT2D eigenvalue weighted by Gasteiger charge is 2.50. The maximum atomic E-state index is 2.57. The molecule has 22 fully saturated rings. The predicted molar refractivity (Wildman–Crippen MR) is 358 cm³/mol. The molecule has 4 atom stereocenters. The summed E-state index contributed by atoms with van der Waals surface area (Å²) in [4.78, 5) is 0. The fourth-order valence-electron chi connectivity index (χ4n) is 23.7. The van der Waals surface area contributed by atoms with Gasteiger partial charge in [-0.05, 0) is 370 Å². The standard InChI is InChI=1S/C13H24.2C11H18.2C9H16.2C8H14.C8H16.C5H10/c1-13(10-6-3-7-11-13)12-8-4-2-5-9-12;1-11-5-8-2-9(6-11)4-10(3-8)7-11;1-7-10-3-8-2-9(5-10)6-11(7)4-8;1-9-5-2-8(3-6-9)4-7-9;1-7-6-8-2-4-9(7)5-3-8;1-8-4-2-7(6-8)3-5-8;1-6-4-7-2-3-8(6)5-7;1-7(2,3)8(4)5-6-8;1-5(2)3-4-5/h12H,2-11H2,1H3;8-10H,2-7H2,1H3;7-11H,2-6H2,1H3;8H,2-7H2,1H3;7-9H,2-6H2,1H3;7H,2-6H2,1H3;6-8H,2-5H2,1H3;5-6H2,1-4H3;3-4H2,1-2H3. The van der Waals surface area contributed by atoms with Gasteiger partial charge in [0.05, 0.1) is 0 Å². The van der Waals surface area contributed by atoms with Gasteiger partial charge in [0.1, 0.15) is 0 Å². The first kappa shape index (κ1) is 65.0. The summed E-state index contributed by atoms with van der Waals surface area (Å²) < 4.78 is 0. The van der Waals surface area contributed by atoms with Crippen molar-refractivity contribution in [3.05, 3.63) is 0 Å². The molecule has 82 heavy (non-hydrogen) atoms. The molecule has 4 unspecified atom stereocenters. The summed E-state index contributed by atoms with van der Waals surface area (Å²) in [6, 6.07) is 0. The van der Waals surface area contributed by atoms with Crippen LogP contribution in [0.5, 0.6) is 0 Å². The highest BCUT2D eigenvalue weighted by Crippen LogP contribution is 2.61. The third-order valence-electron chi connectivity index (χ3n) is 30.7. The molecule has 0 N–H and O–H groups in total. The zero-order chi connectivity index (χ0) is 58.1. The van der Waals surface area contributed by atoms with Crippen molar-refractivity contribution >= 4 is 0 Å². The van der Waals surface area contributed by atoms with Crippen molar-refractivity contribution in [1.82, 2.24) is 0 Å². The van der Waals surface area contributed by atoms with Crippen LogP contribution in [0.4, 0.5) is 0 Å². The van der Waals surface area contributed by atoms with Crippen LogP contribution in [0.15, 0.2) is 0 Å². The Morgan fingerprint density at radius 1 is 0.280 bits per heavy atom. The van der Waals surface area contributed by atoms with Crippen molar-refractivity contribution < 1.29 is 0 Å². The Morgan fingerprint density at radius 2 is 0.683 bits per heavy atom. The van der Waals surface area contributed by atoms with Crippen LogP contribution in [-0.4, -0.2) is 0 Å². The molecule has 22 aliphatic carbocycles. The van der Waals surface area contributed by atoms with E-state index in [-0.39, 0.29) is 0 Å². The number of hydrogen-bond donors (Lipinski definition) is 0. The molecule has 0 aromatic carbocycles. The van der Waals surface area contributed by atoms with Gasteiger partial charge in [-0.2, -0.15) is 0 Å². The Morgan fingerprint density at radius 3 is 0.963 bits per heavy atom. The van der Waals surface area contributed by atoms with Crippen molar-refractivity contribution in [2.75, 3.05) is 0 Å². The van der Waals surface area contributed by atoms with E-state index in [1.807, 2.05) is 0 Å². The summed E-state index contributed by atoms with van der Waals surface area (Å²) in [5.74, 6) is 19.2. The van der Waals surface area contributed by atoms with Gasteiger partial charge in [-0.25, -0.2) is 0 Å². The van der Waals surface area contributed by atoms with Gasteiger partial charge in [-0.1, -0.05) is 148 Å². The molecule has 22 aliphatic rings. The average molecular weight is 1130 g/mol. The third kappa shape index (κ3) is 17.7. The lowest BCUT2D eigenvalue weighted by molar-refractivity contribution is -0.0411. The van der Waals surface area contributed by atoms with Crippen molar-refractivity contribution in [2.45, 2.75) is 379 Å². The van der Waals surface area contributed by atoms with Crippen LogP contribution >= 0.6 is 0 Å². The fourth-order valence-corrected chi connectivity index (χ4v) is 23.7. The monoisotopic (exact) mass is 1130 g/mol. The zero-order valence-corrected chi connectivity index (χ0v) is 58.1. The molecular formula is C82H146. The lowest BCUT2D eigenvalue weighted by Crippen LogP contribution is -2.44. The van der Waals surface area contributed by atoms with E-state index in [0.717, 1.165) is 128 Å². The van der Waals surface area contributed by atoms with Gasteiger partial charge in [0.15, 0.2) is 0 Å². The van der Waals surface area contributed by atoms with E-state index < -0.39 is 0 Å². The Labute approximate surface area is 514 Å². The fraction of sp³-hybridized carbons (Fsp3) is 1.00. The first-order valence-corrected chi connectivity index (χ1v) is 38.8. The quantitative estimate of drug-likeness (QED) is 0.245. The molecule has 0 radical (unpaired) electrons. The van der Waals surface area contributed by atoms with Gasteiger partial charge in [-0.3, -0.25) is 0 Å². The molecular weight excluding hydrogens is 985 g/mol. The van der Waals surface area contributed by atoms with E-state index in [9.17, 15) is 0 Å². The molecule has 0 aliphatic heterocycles. The Bertz CT molecular complexity index is 1810. The molecule has 0 heteroatoms. The number of rotatable bonds is 1. The molecule has 0 amide bonds. The zero-order valence-electron chi connectivity index (χ0n) is 58.1. The maximum absolute atomic E-state index is 2.57. The minimum atomic E-state index is 0.549. The summed E-state index contributed by atoms with van der Waals surface area (Å²) in [5, 5.41) is 0. The van der Waals surface area contributed by atoms with Crippen molar-refractivity contribution in [3.8, 4) is 0 Å². The van der Waals surface area contributed by atoms with E-state index in [1.165, 1.54) is 154 Å². The van der Waals surface area contributed by atoms with Gasteiger partial charge >= 0.3 is 0 Å². The van der Waals surface area contributed by atoms with Gasteiger partial charge in [0, 0.05) is 0 Å². The Hall–Kier alpha value is 0. The second-order valence-electron chi connectivity index (χ2n) is 39.4. The van der Waals surface area contributed by atoms with Gasteiger partial charge < -0.3 is 0 Å². The molecule has 474 valence electrons. The van der Waals surface area contributed by atoms with Crippen LogP contribution in [0, 0.1) is 139 Å². The van der Waals surface area contributed by atoms with Crippen LogP contribution in [0.3, 0.4) is 0 Å². The minimum absolute atomic E-state index is 0.549. The molecule has 0 aromatic rings. The van der Waals surface area contributed by atoms with Crippen LogP contribution in [-0.2, 0) is 0 Å². The molecule has 0 nitrogen and oxygen atoms in total. The number of hydrogen-bond acceptors (Lipinski definition) is 0. The summed E-state index contributed by atoms with van der Waals surface area (Å²) in [6.07, 6.45) is 69.2.